The molecule has 1 heterocycles. The summed E-state index contributed by atoms with van der Waals surface area (Å²) in [6, 6.07) is 10.9. The van der Waals surface area contributed by atoms with Crippen molar-refractivity contribution in [3.05, 3.63) is 35.9 Å². The predicted molar refractivity (Wildman–Crippen MR) is 89.7 cm³/mol. The molecule has 1 aliphatic heterocycles. The molecule has 3 unspecified atom stereocenters. The van der Waals surface area contributed by atoms with Crippen LogP contribution in [0, 0.1) is 0 Å². The van der Waals surface area contributed by atoms with Crippen molar-refractivity contribution >= 4 is 18.3 Å². The van der Waals surface area contributed by atoms with E-state index < -0.39 is 0 Å². The van der Waals surface area contributed by atoms with Crippen LogP contribution in [-0.2, 0) is 4.79 Å². The number of halogens is 1. The molecule has 0 saturated carbocycles. The average molecular weight is 311 g/mol. The zero-order valence-electron chi connectivity index (χ0n) is 13.0. The zero-order chi connectivity index (χ0) is 14.5. The van der Waals surface area contributed by atoms with Crippen LogP contribution in [0.15, 0.2) is 30.3 Å². The highest BCUT2D eigenvalue weighted by Crippen LogP contribution is 2.33. The maximum atomic E-state index is 12.4. The Bertz CT molecular complexity index is 436. The van der Waals surface area contributed by atoms with Crippen LogP contribution in [0.2, 0.25) is 0 Å². The van der Waals surface area contributed by atoms with Gasteiger partial charge in [0.05, 0.1) is 0 Å². The van der Waals surface area contributed by atoms with E-state index in [-0.39, 0.29) is 24.4 Å². The van der Waals surface area contributed by atoms with E-state index in [4.69, 9.17) is 5.73 Å². The molecule has 1 aliphatic rings. The molecular weight excluding hydrogens is 284 g/mol. The summed E-state index contributed by atoms with van der Waals surface area (Å²) < 4.78 is 0. The third kappa shape index (κ3) is 4.45. The van der Waals surface area contributed by atoms with E-state index in [0.717, 1.165) is 25.8 Å². The number of likely N-dealkylation sites (tertiary alicyclic amines) is 1. The lowest BCUT2D eigenvalue weighted by molar-refractivity contribution is -0.132. The fraction of sp³-hybridized carbons (Fsp3) is 0.588. The number of nitrogens with two attached hydrogens (primary N) is 1. The number of carbonyl (C=O) groups is 1. The molecular formula is C17H27ClN2O. The molecule has 118 valence electrons. The molecule has 2 rings (SSSR count). The van der Waals surface area contributed by atoms with Gasteiger partial charge in [-0.1, -0.05) is 37.3 Å². The van der Waals surface area contributed by atoms with Crippen molar-refractivity contribution in [2.75, 3.05) is 6.54 Å². The molecule has 1 aromatic rings. The minimum atomic E-state index is -0.0550. The monoisotopic (exact) mass is 310 g/mol. The number of rotatable bonds is 5. The predicted octanol–water partition coefficient (Wildman–Crippen LogP) is 3.33. The minimum absolute atomic E-state index is 0. The second kappa shape index (κ2) is 8.40. The van der Waals surface area contributed by atoms with Crippen LogP contribution >= 0.6 is 12.4 Å². The second-order valence-corrected chi connectivity index (χ2v) is 5.90. The summed E-state index contributed by atoms with van der Waals surface area (Å²) in [4.78, 5) is 14.4. The summed E-state index contributed by atoms with van der Waals surface area (Å²) in [5.41, 5.74) is 7.13. The van der Waals surface area contributed by atoms with Gasteiger partial charge >= 0.3 is 0 Å². The quantitative estimate of drug-likeness (QED) is 0.906. The van der Waals surface area contributed by atoms with Crippen molar-refractivity contribution in [1.29, 1.82) is 0 Å². The van der Waals surface area contributed by atoms with Crippen molar-refractivity contribution in [3.8, 4) is 0 Å². The van der Waals surface area contributed by atoms with E-state index in [1.54, 1.807) is 0 Å². The van der Waals surface area contributed by atoms with Gasteiger partial charge in [-0.15, -0.1) is 12.4 Å². The molecule has 21 heavy (non-hydrogen) atoms. The van der Waals surface area contributed by atoms with Gasteiger partial charge < -0.3 is 10.6 Å². The Balaban J connectivity index is 0.00000220. The highest BCUT2D eigenvalue weighted by atomic mass is 35.5. The lowest BCUT2D eigenvalue weighted by atomic mass is 9.87. The van der Waals surface area contributed by atoms with Crippen LogP contribution in [0.5, 0.6) is 0 Å². The second-order valence-electron chi connectivity index (χ2n) is 5.90. The van der Waals surface area contributed by atoms with Gasteiger partial charge in [0.25, 0.3) is 0 Å². The Labute approximate surface area is 134 Å². The molecule has 0 aromatic heterocycles. The van der Waals surface area contributed by atoms with Gasteiger partial charge in [0.1, 0.15) is 0 Å². The fourth-order valence-electron chi connectivity index (χ4n) is 3.34. The van der Waals surface area contributed by atoms with Crippen LogP contribution in [0.4, 0.5) is 0 Å². The largest absolute Gasteiger partial charge is 0.339 e. The zero-order valence-corrected chi connectivity index (χ0v) is 13.8. The summed E-state index contributed by atoms with van der Waals surface area (Å²) in [5.74, 6) is 0.660. The average Bonchev–Trinajstić information content (AvgIpc) is 2.89. The normalized spacial score (nSPS) is 20.7. The van der Waals surface area contributed by atoms with Crippen LogP contribution in [0.1, 0.15) is 51.0 Å². The Morgan fingerprint density at radius 3 is 2.62 bits per heavy atom. The molecule has 1 fully saturated rings. The molecule has 0 spiro atoms. The topological polar surface area (TPSA) is 46.3 Å². The smallest absolute Gasteiger partial charge is 0.224 e. The van der Waals surface area contributed by atoms with Crippen molar-refractivity contribution in [2.45, 2.75) is 57.5 Å². The highest BCUT2D eigenvalue weighted by molar-refractivity contribution is 5.85. The van der Waals surface area contributed by atoms with E-state index in [9.17, 15) is 4.79 Å². The number of nitrogens with zero attached hydrogens (tertiary/aromatic N) is 1. The SMILES string of the molecule is CCC(c1ccccc1)C1CCCN1C(=O)CC(C)N.Cl. The Hall–Kier alpha value is -1.06. The summed E-state index contributed by atoms with van der Waals surface area (Å²) in [6.45, 7) is 5.00. The number of amides is 1. The van der Waals surface area contributed by atoms with E-state index >= 15 is 0 Å². The van der Waals surface area contributed by atoms with Crippen molar-refractivity contribution in [1.82, 2.24) is 4.90 Å². The molecule has 1 aromatic carbocycles. The van der Waals surface area contributed by atoms with Crippen molar-refractivity contribution < 1.29 is 4.79 Å². The molecule has 0 aliphatic carbocycles. The molecule has 3 nitrogen and oxygen atoms in total. The lowest BCUT2D eigenvalue weighted by Gasteiger charge is -2.32. The molecule has 0 radical (unpaired) electrons. The summed E-state index contributed by atoms with van der Waals surface area (Å²) in [5, 5.41) is 0. The summed E-state index contributed by atoms with van der Waals surface area (Å²) in [7, 11) is 0. The number of benzene rings is 1. The third-order valence-electron chi connectivity index (χ3n) is 4.25. The molecule has 4 heteroatoms. The van der Waals surface area contributed by atoms with Gasteiger partial charge in [-0.2, -0.15) is 0 Å². The number of hydrogen-bond acceptors (Lipinski definition) is 2. The van der Waals surface area contributed by atoms with Gasteiger partial charge in [-0.3, -0.25) is 4.79 Å². The van der Waals surface area contributed by atoms with Gasteiger partial charge in [0.2, 0.25) is 5.91 Å². The first-order valence-corrected chi connectivity index (χ1v) is 7.73. The molecule has 0 bridgehead atoms. The van der Waals surface area contributed by atoms with Gasteiger partial charge in [-0.05, 0) is 31.7 Å². The standard InChI is InChI=1S/C17H26N2O.ClH/c1-3-15(14-8-5-4-6-9-14)16-10-7-11-19(16)17(20)12-13(2)18;/h4-6,8-9,13,15-16H,3,7,10-12,18H2,1-2H3;1H. The maximum Gasteiger partial charge on any atom is 0.224 e. The van der Waals surface area contributed by atoms with Crippen molar-refractivity contribution in [2.24, 2.45) is 5.73 Å². The van der Waals surface area contributed by atoms with Crippen LogP contribution in [0.3, 0.4) is 0 Å². The maximum absolute atomic E-state index is 12.4. The van der Waals surface area contributed by atoms with Crippen molar-refractivity contribution in [3.63, 3.8) is 0 Å². The van der Waals surface area contributed by atoms with Gasteiger partial charge in [0, 0.05) is 31.0 Å². The van der Waals surface area contributed by atoms with E-state index in [2.05, 4.69) is 36.1 Å². The summed E-state index contributed by atoms with van der Waals surface area (Å²) in [6.07, 6.45) is 3.75. The fourth-order valence-corrected chi connectivity index (χ4v) is 3.34. The van der Waals surface area contributed by atoms with Gasteiger partial charge in [0.15, 0.2) is 0 Å². The van der Waals surface area contributed by atoms with Crippen LogP contribution in [-0.4, -0.2) is 29.4 Å². The Kier molecular flexibility index (Phi) is 7.20. The van der Waals surface area contributed by atoms with Crippen LogP contribution < -0.4 is 5.73 Å². The van der Waals surface area contributed by atoms with E-state index in [1.807, 2.05) is 13.0 Å². The first-order chi connectivity index (χ1) is 9.63. The third-order valence-corrected chi connectivity index (χ3v) is 4.25. The first-order valence-electron chi connectivity index (χ1n) is 7.73. The minimum Gasteiger partial charge on any atom is -0.339 e. The molecule has 2 N–H and O–H groups in total. The molecule has 1 saturated heterocycles. The lowest BCUT2D eigenvalue weighted by Crippen LogP contribution is -2.41. The van der Waals surface area contributed by atoms with E-state index in [1.165, 1.54) is 5.56 Å². The number of carbonyl (C=O) groups excluding carboxylic acids is 1. The molecule has 1 amide bonds. The summed E-state index contributed by atoms with van der Waals surface area (Å²) >= 11 is 0. The van der Waals surface area contributed by atoms with Gasteiger partial charge in [-0.25, -0.2) is 0 Å². The van der Waals surface area contributed by atoms with Crippen LogP contribution in [0.25, 0.3) is 0 Å². The molecule has 3 atom stereocenters. The Morgan fingerprint density at radius 1 is 1.38 bits per heavy atom. The highest BCUT2D eigenvalue weighted by Gasteiger charge is 2.34. The van der Waals surface area contributed by atoms with E-state index in [0.29, 0.717) is 18.4 Å². The number of hydrogen-bond donors (Lipinski definition) is 1. The Morgan fingerprint density at radius 2 is 2.05 bits per heavy atom. The first kappa shape index (κ1) is 18.0.